The Labute approximate surface area is 127 Å². The third-order valence-electron chi connectivity index (χ3n) is 3.45. The number of carbonyl (C=O) groups excluding carboxylic acids is 1. The van der Waals surface area contributed by atoms with Gasteiger partial charge in [-0.1, -0.05) is 12.1 Å². The summed E-state index contributed by atoms with van der Waals surface area (Å²) >= 11 is 1.39. The average molecular weight is 322 g/mol. The highest BCUT2D eigenvalue weighted by atomic mass is 32.2. The van der Waals surface area contributed by atoms with Crippen molar-refractivity contribution in [3.8, 4) is 10.6 Å². The molecule has 0 saturated carbocycles. The number of nitrogens with one attached hydrogen (secondary N) is 1. The fraction of sp³-hybridized carbons (Fsp3) is 0.286. The van der Waals surface area contributed by atoms with Crippen LogP contribution in [0.1, 0.15) is 28.2 Å². The Bertz CT molecular complexity index is 792. The number of thiazole rings is 1. The van der Waals surface area contributed by atoms with Crippen LogP contribution in [0.15, 0.2) is 29.2 Å². The second-order valence-corrected chi connectivity index (χ2v) is 7.69. The third-order valence-corrected chi connectivity index (χ3v) is 6.07. The van der Waals surface area contributed by atoms with Gasteiger partial charge >= 0.3 is 0 Å². The molecule has 110 valence electrons. The summed E-state index contributed by atoms with van der Waals surface area (Å²) in [5.41, 5.74) is 1.70. The molecule has 0 bridgehead atoms. The lowest BCUT2D eigenvalue weighted by Gasteiger charge is -2.06. The van der Waals surface area contributed by atoms with Crippen LogP contribution < -0.4 is 4.72 Å². The smallest absolute Gasteiger partial charge is 0.240 e. The van der Waals surface area contributed by atoms with Crippen LogP contribution in [0.3, 0.4) is 0 Å². The first kappa shape index (κ1) is 14.4. The van der Waals surface area contributed by atoms with E-state index in [1.54, 1.807) is 24.3 Å². The second-order valence-electron chi connectivity index (χ2n) is 4.80. The molecule has 0 unspecified atom stereocenters. The van der Waals surface area contributed by atoms with Crippen LogP contribution in [0, 0.1) is 0 Å². The number of hydrogen-bond acceptors (Lipinski definition) is 5. The maximum Gasteiger partial charge on any atom is 0.240 e. The van der Waals surface area contributed by atoms with Crippen LogP contribution in [-0.4, -0.2) is 26.2 Å². The van der Waals surface area contributed by atoms with E-state index in [0.29, 0.717) is 6.42 Å². The molecule has 5 nitrogen and oxygen atoms in total. The normalized spacial score (nSPS) is 15.0. The van der Waals surface area contributed by atoms with Crippen molar-refractivity contribution < 1.29 is 13.2 Å². The zero-order valence-corrected chi connectivity index (χ0v) is 13.1. The molecule has 1 heterocycles. The van der Waals surface area contributed by atoms with Crippen LogP contribution >= 0.6 is 11.3 Å². The predicted molar refractivity (Wildman–Crippen MR) is 81.1 cm³/mol. The molecule has 1 aliphatic carbocycles. The predicted octanol–water partition coefficient (Wildman–Crippen LogP) is 2.24. The maximum absolute atomic E-state index is 11.8. The van der Waals surface area contributed by atoms with Gasteiger partial charge in [-0.2, -0.15) is 0 Å². The van der Waals surface area contributed by atoms with Gasteiger partial charge in [-0.05, 0) is 32.0 Å². The van der Waals surface area contributed by atoms with Gasteiger partial charge in [-0.15, -0.1) is 11.3 Å². The minimum Gasteiger partial charge on any atom is -0.293 e. The van der Waals surface area contributed by atoms with Crippen molar-refractivity contribution in [3.63, 3.8) is 0 Å². The van der Waals surface area contributed by atoms with Gasteiger partial charge in [0, 0.05) is 12.0 Å². The van der Waals surface area contributed by atoms with Crippen molar-refractivity contribution in [1.82, 2.24) is 9.71 Å². The fourth-order valence-electron chi connectivity index (χ4n) is 2.29. The standard InChI is InChI=1S/C14H14N2O3S2/c1-15-21(18,19)10-7-5-9(6-8-10)14-16-11-3-2-4-12(17)13(11)20-14/h5-8,15H,2-4H2,1H3. The summed E-state index contributed by atoms with van der Waals surface area (Å²) in [4.78, 5) is 17.3. The molecule has 21 heavy (non-hydrogen) atoms. The van der Waals surface area contributed by atoms with E-state index in [4.69, 9.17) is 0 Å². The van der Waals surface area contributed by atoms with Crippen molar-refractivity contribution >= 4 is 27.1 Å². The van der Waals surface area contributed by atoms with Gasteiger partial charge in [0.05, 0.1) is 15.5 Å². The lowest BCUT2D eigenvalue weighted by molar-refractivity contribution is 0.0976. The van der Waals surface area contributed by atoms with Crippen molar-refractivity contribution in [2.45, 2.75) is 24.2 Å². The topological polar surface area (TPSA) is 76.1 Å². The Balaban J connectivity index is 1.97. The van der Waals surface area contributed by atoms with Crippen molar-refractivity contribution in [3.05, 3.63) is 34.8 Å². The van der Waals surface area contributed by atoms with Crippen molar-refractivity contribution in [1.29, 1.82) is 0 Å². The number of nitrogens with zero attached hydrogens (tertiary/aromatic N) is 1. The molecule has 0 saturated heterocycles. The molecule has 0 fully saturated rings. The van der Waals surface area contributed by atoms with E-state index >= 15 is 0 Å². The first-order chi connectivity index (χ1) is 10.0. The monoisotopic (exact) mass is 322 g/mol. The molecule has 0 spiro atoms. The SMILES string of the molecule is CNS(=O)(=O)c1ccc(-c2nc3c(s2)C(=O)CCC3)cc1. The quantitative estimate of drug-likeness (QED) is 0.940. The Hall–Kier alpha value is -1.57. The lowest BCUT2D eigenvalue weighted by Crippen LogP contribution is -2.18. The largest absolute Gasteiger partial charge is 0.293 e. The van der Waals surface area contributed by atoms with Gasteiger partial charge < -0.3 is 0 Å². The number of rotatable bonds is 3. The first-order valence-electron chi connectivity index (χ1n) is 6.58. The van der Waals surface area contributed by atoms with E-state index in [1.807, 2.05) is 0 Å². The van der Waals surface area contributed by atoms with Crippen LogP contribution in [-0.2, 0) is 16.4 Å². The Morgan fingerprint density at radius 3 is 2.52 bits per heavy atom. The molecule has 1 N–H and O–H groups in total. The molecule has 2 aromatic rings. The highest BCUT2D eigenvalue weighted by Gasteiger charge is 2.22. The summed E-state index contributed by atoms with van der Waals surface area (Å²) in [5, 5.41) is 0.767. The molecule has 0 radical (unpaired) electrons. The van der Waals surface area contributed by atoms with E-state index < -0.39 is 10.0 Å². The van der Waals surface area contributed by atoms with Crippen molar-refractivity contribution in [2.24, 2.45) is 0 Å². The Kier molecular flexibility index (Phi) is 3.64. The average Bonchev–Trinajstić information content (AvgIpc) is 2.93. The van der Waals surface area contributed by atoms with Crippen LogP contribution in [0.25, 0.3) is 10.6 Å². The molecular formula is C14H14N2O3S2. The summed E-state index contributed by atoms with van der Waals surface area (Å²) in [6.45, 7) is 0. The maximum atomic E-state index is 11.8. The number of sulfonamides is 1. The molecule has 0 amide bonds. The van der Waals surface area contributed by atoms with Crippen LogP contribution in [0.5, 0.6) is 0 Å². The van der Waals surface area contributed by atoms with Gasteiger partial charge in [0.2, 0.25) is 10.0 Å². The Morgan fingerprint density at radius 1 is 1.19 bits per heavy atom. The van der Waals surface area contributed by atoms with Crippen LogP contribution in [0.2, 0.25) is 0 Å². The number of fused-ring (bicyclic) bond motifs is 1. The highest BCUT2D eigenvalue weighted by molar-refractivity contribution is 7.89. The zero-order valence-electron chi connectivity index (χ0n) is 11.4. The fourth-order valence-corrected chi connectivity index (χ4v) is 4.10. The number of hydrogen-bond donors (Lipinski definition) is 1. The number of aryl methyl sites for hydroxylation is 1. The second kappa shape index (κ2) is 5.32. The van der Waals surface area contributed by atoms with E-state index in [-0.39, 0.29) is 10.7 Å². The van der Waals surface area contributed by atoms with E-state index in [2.05, 4.69) is 9.71 Å². The minimum absolute atomic E-state index is 0.161. The number of carbonyl (C=O) groups is 1. The minimum atomic E-state index is -3.43. The molecule has 3 rings (SSSR count). The zero-order chi connectivity index (χ0) is 15.0. The number of aromatic nitrogens is 1. The highest BCUT2D eigenvalue weighted by Crippen LogP contribution is 2.32. The molecule has 0 atom stereocenters. The van der Waals surface area contributed by atoms with E-state index in [9.17, 15) is 13.2 Å². The summed E-state index contributed by atoms with van der Waals surface area (Å²) in [6.07, 6.45) is 2.28. The third kappa shape index (κ3) is 2.64. The molecule has 1 aliphatic rings. The first-order valence-corrected chi connectivity index (χ1v) is 8.88. The van der Waals surface area contributed by atoms with Gasteiger partial charge in [0.15, 0.2) is 5.78 Å². The molecule has 0 aliphatic heterocycles. The lowest BCUT2D eigenvalue weighted by atomic mass is 10.0. The summed E-state index contributed by atoms with van der Waals surface area (Å²) < 4.78 is 25.6. The van der Waals surface area contributed by atoms with Gasteiger partial charge in [-0.25, -0.2) is 18.1 Å². The molecule has 7 heteroatoms. The summed E-state index contributed by atoms with van der Waals surface area (Å²) in [7, 11) is -2.05. The van der Waals surface area contributed by atoms with Gasteiger partial charge in [-0.3, -0.25) is 4.79 Å². The van der Waals surface area contributed by atoms with Gasteiger partial charge in [0.25, 0.3) is 0 Å². The molecule has 1 aromatic carbocycles. The number of ketones is 1. The van der Waals surface area contributed by atoms with Crippen LogP contribution in [0.4, 0.5) is 0 Å². The van der Waals surface area contributed by atoms with E-state index in [0.717, 1.165) is 34.0 Å². The molecule has 1 aromatic heterocycles. The number of Topliss-reactive ketones (excluding diaryl/α,β-unsaturated/α-hetero) is 1. The summed E-state index contributed by atoms with van der Waals surface area (Å²) in [5.74, 6) is 0.161. The molecular weight excluding hydrogens is 308 g/mol. The summed E-state index contributed by atoms with van der Waals surface area (Å²) in [6, 6.07) is 6.53. The van der Waals surface area contributed by atoms with Crippen molar-refractivity contribution in [2.75, 3.05) is 7.05 Å². The number of benzene rings is 1. The van der Waals surface area contributed by atoms with E-state index in [1.165, 1.54) is 18.4 Å². The van der Waals surface area contributed by atoms with Gasteiger partial charge in [0.1, 0.15) is 5.01 Å². The Morgan fingerprint density at radius 2 is 1.90 bits per heavy atom.